The lowest BCUT2D eigenvalue weighted by atomic mass is 10.2. The molecule has 7 nitrogen and oxygen atoms in total. The van der Waals surface area contributed by atoms with Gasteiger partial charge >= 0.3 is 6.03 Å². The molecule has 2 aliphatic rings. The van der Waals surface area contributed by atoms with Gasteiger partial charge in [0.05, 0.1) is 6.04 Å². The van der Waals surface area contributed by atoms with E-state index in [1.807, 2.05) is 52.3 Å². The Kier molecular flexibility index (Phi) is 4.91. The van der Waals surface area contributed by atoms with Gasteiger partial charge in [0.15, 0.2) is 6.61 Å². The number of piperazine rings is 1. The molecule has 0 aliphatic carbocycles. The smallest absolute Gasteiger partial charge is 0.320 e. The normalized spacial score (nSPS) is 19.2. The first-order valence-corrected chi connectivity index (χ1v) is 9.11. The fraction of sp³-hybridized carbons (Fsp3) is 0.350. The Morgan fingerprint density at radius 2 is 1.96 bits per heavy atom. The lowest BCUT2D eigenvalue weighted by Crippen LogP contribution is -2.54. The third-order valence-corrected chi connectivity index (χ3v) is 4.98. The highest BCUT2D eigenvalue weighted by molar-refractivity contribution is 5.80. The number of urea groups is 1. The zero-order valence-electron chi connectivity index (χ0n) is 15.0. The molecule has 0 N–H and O–H groups in total. The van der Waals surface area contributed by atoms with Crippen molar-refractivity contribution < 1.29 is 14.3 Å². The van der Waals surface area contributed by atoms with E-state index in [-0.39, 0.29) is 24.6 Å². The number of pyridine rings is 1. The number of hydrogen-bond acceptors (Lipinski definition) is 4. The highest BCUT2D eigenvalue weighted by atomic mass is 16.5. The van der Waals surface area contributed by atoms with Gasteiger partial charge in [0, 0.05) is 45.1 Å². The van der Waals surface area contributed by atoms with Gasteiger partial charge in [-0.1, -0.05) is 24.3 Å². The molecule has 1 aromatic heterocycles. The fourth-order valence-corrected chi connectivity index (χ4v) is 3.60. The van der Waals surface area contributed by atoms with E-state index in [1.54, 1.807) is 17.3 Å². The molecule has 2 fully saturated rings. The van der Waals surface area contributed by atoms with Gasteiger partial charge < -0.3 is 19.4 Å². The Morgan fingerprint density at radius 1 is 1.11 bits per heavy atom. The Balaban J connectivity index is 1.33. The van der Waals surface area contributed by atoms with Gasteiger partial charge in [0.1, 0.15) is 5.75 Å². The predicted octanol–water partition coefficient (Wildman–Crippen LogP) is 1.61. The fourth-order valence-electron chi connectivity index (χ4n) is 3.60. The number of amides is 3. The second-order valence-electron chi connectivity index (χ2n) is 6.81. The molecule has 0 saturated carbocycles. The average Bonchev–Trinajstić information content (AvgIpc) is 3.02. The maximum atomic E-state index is 12.6. The van der Waals surface area contributed by atoms with Gasteiger partial charge in [-0.05, 0) is 23.8 Å². The largest absolute Gasteiger partial charge is 0.484 e. The molecule has 1 unspecified atom stereocenters. The topological polar surface area (TPSA) is 66.0 Å². The summed E-state index contributed by atoms with van der Waals surface area (Å²) in [5.41, 5.74) is 1.01. The van der Waals surface area contributed by atoms with Crippen molar-refractivity contribution in [2.75, 3.05) is 32.8 Å². The number of nitrogens with zero attached hydrogens (tertiary/aromatic N) is 4. The summed E-state index contributed by atoms with van der Waals surface area (Å²) in [6, 6.07) is 13.2. The van der Waals surface area contributed by atoms with Crippen LogP contribution in [0, 0.1) is 0 Å². The van der Waals surface area contributed by atoms with Crippen LogP contribution in [0.3, 0.4) is 0 Å². The number of fused-ring (bicyclic) bond motifs is 1. The van der Waals surface area contributed by atoms with Gasteiger partial charge in [-0.2, -0.15) is 0 Å². The number of rotatable bonds is 5. The van der Waals surface area contributed by atoms with Crippen LogP contribution in [-0.2, 0) is 11.3 Å². The molecule has 3 amide bonds. The van der Waals surface area contributed by atoms with E-state index in [9.17, 15) is 9.59 Å². The molecule has 0 radical (unpaired) electrons. The van der Waals surface area contributed by atoms with Gasteiger partial charge in [-0.25, -0.2) is 4.79 Å². The van der Waals surface area contributed by atoms with E-state index in [1.165, 1.54) is 0 Å². The number of ether oxygens (including phenoxy) is 1. The summed E-state index contributed by atoms with van der Waals surface area (Å²) in [4.78, 5) is 34.7. The molecular weight excluding hydrogens is 344 g/mol. The van der Waals surface area contributed by atoms with Crippen LogP contribution in [0.4, 0.5) is 4.79 Å². The predicted molar refractivity (Wildman–Crippen MR) is 99.1 cm³/mol. The summed E-state index contributed by atoms with van der Waals surface area (Å²) < 4.78 is 5.56. The number of hydrogen-bond donors (Lipinski definition) is 0. The lowest BCUT2D eigenvalue weighted by Gasteiger charge is -2.36. The molecule has 3 heterocycles. The number of para-hydroxylation sites is 1. The van der Waals surface area contributed by atoms with E-state index >= 15 is 0 Å². The molecule has 0 spiro atoms. The highest BCUT2D eigenvalue weighted by Crippen LogP contribution is 2.22. The van der Waals surface area contributed by atoms with Gasteiger partial charge in [-0.3, -0.25) is 9.78 Å². The second-order valence-corrected chi connectivity index (χ2v) is 6.81. The molecule has 7 heteroatoms. The van der Waals surface area contributed by atoms with Crippen molar-refractivity contribution in [3.63, 3.8) is 0 Å². The van der Waals surface area contributed by atoms with Crippen molar-refractivity contribution in [2.24, 2.45) is 0 Å². The maximum absolute atomic E-state index is 12.6. The molecule has 2 aliphatic heterocycles. The summed E-state index contributed by atoms with van der Waals surface area (Å²) >= 11 is 0. The SMILES string of the molecule is O=C(COc1ccccc1)N1CCN2C(=O)N(Cc3cccnc3)CC2C1. The van der Waals surface area contributed by atoms with Crippen LogP contribution in [0.25, 0.3) is 0 Å². The van der Waals surface area contributed by atoms with Crippen LogP contribution >= 0.6 is 0 Å². The average molecular weight is 366 g/mol. The zero-order valence-corrected chi connectivity index (χ0v) is 15.0. The number of carbonyl (C=O) groups excluding carboxylic acids is 2. The molecule has 27 heavy (non-hydrogen) atoms. The quantitative estimate of drug-likeness (QED) is 0.806. The van der Waals surface area contributed by atoms with E-state index in [2.05, 4.69) is 4.98 Å². The first kappa shape index (κ1) is 17.3. The van der Waals surface area contributed by atoms with E-state index in [0.717, 1.165) is 5.56 Å². The van der Waals surface area contributed by atoms with Gasteiger partial charge in [-0.15, -0.1) is 0 Å². The van der Waals surface area contributed by atoms with Crippen molar-refractivity contribution in [1.82, 2.24) is 19.7 Å². The molecular formula is C20H22N4O3. The summed E-state index contributed by atoms with van der Waals surface area (Å²) in [5, 5.41) is 0. The summed E-state index contributed by atoms with van der Waals surface area (Å²) in [6.45, 7) is 2.84. The van der Waals surface area contributed by atoms with Crippen molar-refractivity contribution in [1.29, 1.82) is 0 Å². The first-order valence-electron chi connectivity index (χ1n) is 9.11. The van der Waals surface area contributed by atoms with Crippen LogP contribution in [-0.4, -0.2) is 70.4 Å². The van der Waals surface area contributed by atoms with Gasteiger partial charge in [0.25, 0.3) is 5.91 Å². The summed E-state index contributed by atoms with van der Waals surface area (Å²) in [6.07, 6.45) is 3.50. The highest BCUT2D eigenvalue weighted by Gasteiger charge is 2.41. The summed E-state index contributed by atoms with van der Waals surface area (Å²) in [5.74, 6) is 0.639. The van der Waals surface area contributed by atoms with Crippen molar-refractivity contribution in [3.8, 4) is 5.75 Å². The second kappa shape index (κ2) is 7.65. The van der Waals surface area contributed by atoms with Crippen LogP contribution in [0.2, 0.25) is 0 Å². The minimum atomic E-state index is -0.0448. The minimum Gasteiger partial charge on any atom is -0.484 e. The molecule has 1 aromatic carbocycles. The third-order valence-electron chi connectivity index (χ3n) is 4.98. The third kappa shape index (κ3) is 3.86. The molecule has 140 valence electrons. The maximum Gasteiger partial charge on any atom is 0.320 e. The van der Waals surface area contributed by atoms with Gasteiger partial charge in [0.2, 0.25) is 0 Å². The zero-order chi connectivity index (χ0) is 18.6. The molecule has 2 aromatic rings. The molecule has 4 rings (SSSR count). The Bertz CT molecular complexity index is 799. The van der Waals surface area contributed by atoms with Crippen LogP contribution in [0.5, 0.6) is 5.75 Å². The molecule has 2 saturated heterocycles. The number of carbonyl (C=O) groups is 2. The van der Waals surface area contributed by atoms with Crippen LogP contribution in [0.1, 0.15) is 5.56 Å². The van der Waals surface area contributed by atoms with Crippen LogP contribution in [0.15, 0.2) is 54.9 Å². The van der Waals surface area contributed by atoms with E-state index in [4.69, 9.17) is 4.74 Å². The van der Waals surface area contributed by atoms with Crippen molar-refractivity contribution in [2.45, 2.75) is 12.6 Å². The van der Waals surface area contributed by atoms with Crippen LogP contribution < -0.4 is 4.74 Å². The van der Waals surface area contributed by atoms with E-state index < -0.39 is 0 Å². The monoisotopic (exact) mass is 366 g/mol. The Morgan fingerprint density at radius 3 is 2.74 bits per heavy atom. The summed E-state index contributed by atoms with van der Waals surface area (Å²) in [7, 11) is 0. The number of benzene rings is 1. The standard InChI is InChI=1S/C20H22N4O3/c25-19(15-27-18-6-2-1-3-7-18)22-9-10-24-17(13-22)14-23(20(24)26)12-16-5-4-8-21-11-16/h1-8,11,17H,9-10,12-15H2. The number of aromatic nitrogens is 1. The van der Waals surface area contributed by atoms with Crippen molar-refractivity contribution in [3.05, 3.63) is 60.4 Å². The Labute approximate surface area is 158 Å². The van der Waals surface area contributed by atoms with Crippen molar-refractivity contribution >= 4 is 11.9 Å². The first-order chi connectivity index (χ1) is 13.2. The molecule has 0 bridgehead atoms. The minimum absolute atomic E-state index is 0.0179. The molecule has 1 atom stereocenters. The lowest BCUT2D eigenvalue weighted by molar-refractivity contribution is -0.135. The Hall–Kier alpha value is -3.09. The van der Waals surface area contributed by atoms with E-state index in [0.29, 0.717) is 38.5 Å².